The number of anilines is 1. The van der Waals surface area contributed by atoms with Gasteiger partial charge >= 0.3 is 12.2 Å². The molecule has 0 fully saturated rings. The van der Waals surface area contributed by atoms with E-state index in [0.29, 0.717) is 13.1 Å². The molecule has 2 amide bonds. The summed E-state index contributed by atoms with van der Waals surface area (Å²) < 4.78 is 39.3. The molecule has 0 unspecified atom stereocenters. The first-order valence-electron chi connectivity index (χ1n) is 8.83. The summed E-state index contributed by atoms with van der Waals surface area (Å²) in [7, 11) is 0. The second-order valence-corrected chi connectivity index (χ2v) is 6.86. The Hall–Kier alpha value is -2.99. The Bertz CT molecular complexity index is 921. The summed E-state index contributed by atoms with van der Waals surface area (Å²) in [4.78, 5) is 14.4. The molecule has 0 aliphatic carbocycles. The van der Waals surface area contributed by atoms with Crippen molar-refractivity contribution in [3.63, 3.8) is 0 Å². The summed E-state index contributed by atoms with van der Waals surface area (Å²) >= 11 is 5.65. The van der Waals surface area contributed by atoms with Gasteiger partial charge < -0.3 is 10.2 Å². The molecule has 29 heavy (non-hydrogen) atoms. The molecular formula is C22H18ClF3N2O. The average molecular weight is 419 g/mol. The number of benzene rings is 3. The highest BCUT2D eigenvalue weighted by Crippen LogP contribution is 2.36. The highest BCUT2D eigenvalue weighted by atomic mass is 35.5. The Kier molecular flexibility index (Phi) is 6.44. The Morgan fingerprint density at radius 1 is 0.862 bits per heavy atom. The van der Waals surface area contributed by atoms with Crippen LogP contribution >= 0.6 is 11.6 Å². The number of hydrogen-bond acceptors (Lipinski definition) is 1. The largest absolute Gasteiger partial charge is 0.417 e. The van der Waals surface area contributed by atoms with Gasteiger partial charge in [0.1, 0.15) is 0 Å². The lowest BCUT2D eigenvalue weighted by atomic mass is 10.1. The van der Waals surface area contributed by atoms with E-state index in [0.717, 1.165) is 23.3 Å². The fourth-order valence-corrected chi connectivity index (χ4v) is 3.05. The fraction of sp³-hybridized carbons (Fsp3) is 0.136. The van der Waals surface area contributed by atoms with Gasteiger partial charge in [0.05, 0.1) is 10.6 Å². The predicted octanol–water partition coefficient (Wildman–Crippen LogP) is 6.59. The van der Waals surface area contributed by atoms with Crippen LogP contribution in [0.5, 0.6) is 0 Å². The maximum absolute atomic E-state index is 13.1. The summed E-state index contributed by atoms with van der Waals surface area (Å²) in [6.45, 7) is 0.614. The second kappa shape index (κ2) is 9.01. The summed E-state index contributed by atoms with van der Waals surface area (Å²) in [5.74, 6) is 0. The number of halogens is 4. The van der Waals surface area contributed by atoms with Crippen LogP contribution in [0.1, 0.15) is 16.7 Å². The molecule has 0 spiro atoms. The zero-order valence-corrected chi connectivity index (χ0v) is 16.0. The molecule has 7 heteroatoms. The number of amides is 2. The number of alkyl halides is 3. The van der Waals surface area contributed by atoms with Gasteiger partial charge in [0.2, 0.25) is 0 Å². The minimum atomic E-state index is -4.61. The van der Waals surface area contributed by atoms with Crippen molar-refractivity contribution in [3.8, 4) is 0 Å². The van der Waals surface area contributed by atoms with Crippen LogP contribution in [0, 0.1) is 0 Å². The first kappa shape index (κ1) is 20.7. The quantitative estimate of drug-likeness (QED) is 0.497. The number of carbonyl (C=O) groups excluding carboxylic acids is 1. The molecule has 0 atom stereocenters. The molecule has 0 aromatic heterocycles. The zero-order valence-electron chi connectivity index (χ0n) is 15.3. The minimum absolute atomic E-state index is 0.0258. The molecule has 3 rings (SSSR count). The van der Waals surface area contributed by atoms with E-state index in [1.54, 1.807) is 0 Å². The van der Waals surface area contributed by atoms with E-state index in [-0.39, 0.29) is 5.69 Å². The van der Waals surface area contributed by atoms with Gasteiger partial charge in [-0.25, -0.2) is 4.79 Å². The maximum Gasteiger partial charge on any atom is 0.417 e. The van der Waals surface area contributed by atoms with Crippen molar-refractivity contribution in [3.05, 3.63) is 101 Å². The lowest BCUT2D eigenvalue weighted by Gasteiger charge is -2.24. The molecule has 3 aromatic rings. The third kappa shape index (κ3) is 5.74. The Balaban J connectivity index is 1.82. The zero-order chi connectivity index (χ0) is 20.9. The van der Waals surface area contributed by atoms with Gasteiger partial charge in [0.25, 0.3) is 0 Å². The fourth-order valence-electron chi connectivity index (χ4n) is 2.83. The van der Waals surface area contributed by atoms with Crippen molar-refractivity contribution < 1.29 is 18.0 Å². The predicted molar refractivity (Wildman–Crippen MR) is 108 cm³/mol. The van der Waals surface area contributed by atoms with E-state index >= 15 is 0 Å². The molecule has 0 aliphatic heterocycles. The van der Waals surface area contributed by atoms with Gasteiger partial charge in [-0.2, -0.15) is 13.2 Å². The molecule has 0 radical (unpaired) electrons. The molecule has 0 heterocycles. The van der Waals surface area contributed by atoms with Gasteiger partial charge in [-0.05, 0) is 29.3 Å². The summed E-state index contributed by atoms with van der Waals surface area (Å²) in [5.41, 5.74) is 0.851. The maximum atomic E-state index is 13.1. The highest BCUT2D eigenvalue weighted by molar-refractivity contribution is 6.31. The highest BCUT2D eigenvalue weighted by Gasteiger charge is 2.33. The molecule has 3 nitrogen and oxygen atoms in total. The van der Waals surface area contributed by atoms with Crippen molar-refractivity contribution in [1.82, 2.24) is 4.90 Å². The number of rotatable bonds is 5. The third-order valence-corrected chi connectivity index (χ3v) is 4.57. The standard InChI is InChI=1S/C22H18ClF3N2O/c23-20-12-11-18(13-19(20)22(24,25)26)27-21(29)28(14-16-7-3-1-4-8-16)15-17-9-5-2-6-10-17/h1-13H,14-15H2,(H,27,29). The molecule has 0 aliphatic rings. The van der Waals surface area contributed by atoms with Crippen LogP contribution in [0.4, 0.5) is 23.7 Å². The number of nitrogens with one attached hydrogen (secondary N) is 1. The van der Waals surface area contributed by atoms with Crippen LogP contribution in [-0.2, 0) is 19.3 Å². The third-order valence-electron chi connectivity index (χ3n) is 4.24. The first-order chi connectivity index (χ1) is 13.8. The van der Waals surface area contributed by atoms with E-state index in [4.69, 9.17) is 11.6 Å². The monoisotopic (exact) mass is 418 g/mol. The van der Waals surface area contributed by atoms with Crippen molar-refractivity contribution >= 4 is 23.3 Å². The number of hydrogen-bond donors (Lipinski definition) is 1. The Labute approximate surface area is 171 Å². The molecule has 0 bridgehead atoms. The van der Waals surface area contributed by atoms with Crippen molar-refractivity contribution in [2.45, 2.75) is 19.3 Å². The van der Waals surface area contributed by atoms with E-state index in [9.17, 15) is 18.0 Å². The molecule has 150 valence electrons. The number of urea groups is 1. The second-order valence-electron chi connectivity index (χ2n) is 6.45. The molecular weight excluding hydrogens is 401 g/mol. The van der Waals surface area contributed by atoms with Gasteiger partial charge in [-0.15, -0.1) is 0 Å². The normalized spacial score (nSPS) is 11.2. The molecule has 3 aromatic carbocycles. The molecule has 0 saturated carbocycles. The summed E-state index contributed by atoms with van der Waals surface area (Å²) in [6.07, 6.45) is -4.61. The Morgan fingerprint density at radius 2 is 1.38 bits per heavy atom. The van der Waals surface area contributed by atoms with Gasteiger partial charge in [0, 0.05) is 18.8 Å². The van der Waals surface area contributed by atoms with Crippen LogP contribution in [0.3, 0.4) is 0 Å². The summed E-state index contributed by atoms with van der Waals surface area (Å²) in [5, 5.41) is 2.13. The van der Waals surface area contributed by atoms with E-state index in [1.165, 1.54) is 11.0 Å². The average Bonchev–Trinajstić information content (AvgIpc) is 2.69. The Morgan fingerprint density at radius 3 is 1.86 bits per heavy atom. The first-order valence-corrected chi connectivity index (χ1v) is 9.21. The van der Waals surface area contributed by atoms with Gasteiger partial charge in [-0.3, -0.25) is 0 Å². The van der Waals surface area contributed by atoms with Crippen molar-refractivity contribution in [2.75, 3.05) is 5.32 Å². The van der Waals surface area contributed by atoms with Gasteiger partial charge in [0.15, 0.2) is 0 Å². The topological polar surface area (TPSA) is 32.3 Å². The molecule has 1 N–H and O–H groups in total. The van der Waals surface area contributed by atoms with Crippen LogP contribution < -0.4 is 5.32 Å². The lowest BCUT2D eigenvalue weighted by Crippen LogP contribution is -2.34. The number of nitrogens with zero attached hydrogens (tertiary/aromatic N) is 1. The van der Waals surface area contributed by atoms with Crippen LogP contribution in [0.2, 0.25) is 5.02 Å². The molecule has 0 saturated heterocycles. The van der Waals surface area contributed by atoms with Gasteiger partial charge in [-0.1, -0.05) is 72.3 Å². The van der Waals surface area contributed by atoms with E-state index in [1.807, 2.05) is 60.7 Å². The lowest BCUT2D eigenvalue weighted by molar-refractivity contribution is -0.137. The van der Waals surface area contributed by atoms with E-state index < -0.39 is 22.8 Å². The van der Waals surface area contributed by atoms with Crippen LogP contribution in [0.15, 0.2) is 78.9 Å². The van der Waals surface area contributed by atoms with Crippen molar-refractivity contribution in [2.24, 2.45) is 0 Å². The van der Waals surface area contributed by atoms with E-state index in [2.05, 4.69) is 5.32 Å². The number of carbonyl (C=O) groups is 1. The van der Waals surface area contributed by atoms with Crippen LogP contribution in [-0.4, -0.2) is 10.9 Å². The SMILES string of the molecule is O=C(Nc1ccc(Cl)c(C(F)(F)F)c1)N(Cc1ccccc1)Cc1ccccc1. The smallest absolute Gasteiger partial charge is 0.316 e. The van der Waals surface area contributed by atoms with Crippen molar-refractivity contribution in [1.29, 1.82) is 0 Å². The van der Waals surface area contributed by atoms with Crippen LogP contribution in [0.25, 0.3) is 0 Å². The summed E-state index contributed by atoms with van der Waals surface area (Å²) in [6, 6.07) is 21.5. The minimum Gasteiger partial charge on any atom is -0.316 e.